The molecule has 0 radical (unpaired) electrons. The molecule has 4 rings (SSSR count). The van der Waals surface area contributed by atoms with Crippen LogP contribution in [-0.2, 0) is 4.74 Å². The molecule has 9 heteroatoms. The highest BCUT2D eigenvalue weighted by molar-refractivity contribution is 7.13. The molecule has 0 saturated carbocycles. The third kappa shape index (κ3) is 4.83. The van der Waals surface area contributed by atoms with Crippen molar-refractivity contribution in [3.8, 4) is 16.3 Å². The maximum atomic E-state index is 13.0. The van der Waals surface area contributed by atoms with Crippen LogP contribution in [0.1, 0.15) is 38.2 Å². The van der Waals surface area contributed by atoms with Crippen molar-refractivity contribution in [2.24, 2.45) is 0 Å². The van der Waals surface area contributed by atoms with E-state index in [1.807, 2.05) is 64.2 Å². The summed E-state index contributed by atoms with van der Waals surface area (Å²) < 4.78 is 7.27. The minimum atomic E-state index is -0.547. The zero-order valence-corrected chi connectivity index (χ0v) is 19.5. The fraction of sp³-hybridized carbons (Fsp3) is 0.391. The van der Waals surface area contributed by atoms with Crippen molar-refractivity contribution in [2.45, 2.75) is 39.3 Å². The number of thiazole rings is 1. The van der Waals surface area contributed by atoms with Gasteiger partial charge in [0.1, 0.15) is 16.3 Å². The molecular formula is C23H27N5O3S. The van der Waals surface area contributed by atoms with E-state index in [0.29, 0.717) is 25.3 Å². The molecule has 1 atom stereocenters. The van der Waals surface area contributed by atoms with Crippen LogP contribution in [0.25, 0.3) is 16.3 Å². The van der Waals surface area contributed by atoms with E-state index in [1.54, 1.807) is 26.1 Å². The number of carbonyl (C=O) groups excluding carboxylic acids is 2. The lowest BCUT2D eigenvalue weighted by molar-refractivity contribution is 0.00191. The number of benzene rings is 1. The number of ether oxygens (including phenoxy) is 1. The van der Waals surface area contributed by atoms with Gasteiger partial charge in [-0.3, -0.25) is 4.79 Å². The van der Waals surface area contributed by atoms with E-state index >= 15 is 0 Å². The highest BCUT2D eigenvalue weighted by Gasteiger charge is 2.33. The molecule has 8 nitrogen and oxygen atoms in total. The Balaban J connectivity index is 1.41. The highest BCUT2D eigenvalue weighted by atomic mass is 32.1. The van der Waals surface area contributed by atoms with Gasteiger partial charge in [-0.25, -0.2) is 14.5 Å². The summed E-state index contributed by atoms with van der Waals surface area (Å²) in [4.78, 5) is 33.4. The number of piperazine rings is 1. The second-order valence-corrected chi connectivity index (χ2v) is 9.68. The average Bonchev–Trinajstić information content (AvgIpc) is 3.42. The molecule has 2 aromatic heterocycles. The summed E-state index contributed by atoms with van der Waals surface area (Å²) in [5.74, 6) is -0.126. The van der Waals surface area contributed by atoms with Crippen molar-refractivity contribution < 1.29 is 14.3 Å². The number of hydrogen-bond donors (Lipinski definition) is 0. The van der Waals surface area contributed by atoms with Gasteiger partial charge in [-0.1, -0.05) is 18.2 Å². The van der Waals surface area contributed by atoms with Crippen molar-refractivity contribution in [1.82, 2.24) is 24.6 Å². The third-order valence-electron chi connectivity index (χ3n) is 5.12. The zero-order chi connectivity index (χ0) is 22.9. The van der Waals surface area contributed by atoms with E-state index in [9.17, 15) is 9.59 Å². The maximum Gasteiger partial charge on any atom is 0.410 e. The number of rotatable bonds is 3. The van der Waals surface area contributed by atoms with Crippen molar-refractivity contribution in [1.29, 1.82) is 0 Å². The van der Waals surface area contributed by atoms with Crippen LogP contribution < -0.4 is 0 Å². The van der Waals surface area contributed by atoms with Gasteiger partial charge in [-0.05, 0) is 39.8 Å². The lowest BCUT2D eigenvalue weighted by Gasteiger charge is -2.40. The Morgan fingerprint density at radius 3 is 2.59 bits per heavy atom. The molecule has 1 saturated heterocycles. The summed E-state index contributed by atoms with van der Waals surface area (Å²) in [7, 11) is 0. The van der Waals surface area contributed by atoms with E-state index in [0.717, 1.165) is 16.3 Å². The van der Waals surface area contributed by atoms with E-state index in [-0.39, 0.29) is 18.0 Å². The summed E-state index contributed by atoms with van der Waals surface area (Å²) in [6.07, 6.45) is 3.31. The van der Waals surface area contributed by atoms with Crippen LogP contribution in [-0.4, -0.2) is 67.8 Å². The first-order chi connectivity index (χ1) is 15.2. The maximum absolute atomic E-state index is 13.0. The van der Waals surface area contributed by atoms with E-state index in [2.05, 4.69) is 10.1 Å². The average molecular weight is 454 g/mol. The number of nitrogens with zero attached hydrogens (tertiary/aromatic N) is 5. The monoisotopic (exact) mass is 453 g/mol. The molecule has 1 fully saturated rings. The zero-order valence-electron chi connectivity index (χ0n) is 18.7. The molecule has 3 heterocycles. The molecule has 0 spiro atoms. The van der Waals surface area contributed by atoms with Crippen LogP contribution in [0.4, 0.5) is 4.79 Å². The van der Waals surface area contributed by atoms with E-state index in [4.69, 9.17) is 4.74 Å². The van der Waals surface area contributed by atoms with Gasteiger partial charge >= 0.3 is 6.09 Å². The normalized spacial score (nSPS) is 16.8. The largest absolute Gasteiger partial charge is 0.444 e. The predicted molar refractivity (Wildman–Crippen MR) is 123 cm³/mol. The number of para-hydroxylation sites is 1. The number of hydrogen-bond acceptors (Lipinski definition) is 6. The Morgan fingerprint density at radius 2 is 1.91 bits per heavy atom. The third-order valence-corrected chi connectivity index (χ3v) is 6.01. The van der Waals surface area contributed by atoms with Gasteiger partial charge in [0.25, 0.3) is 5.91 Å². The van der Waals surface area contributed by atoms with Crippen LogP contribution in [0.2, 0.25) is 0 Å². The van der Waals surface area contributed by atoms with Gasteiger partial charge in [0.15, 0.2) is 0 Å². The highest BCUT2D eigenvalue weighted by Crippen LogP contribution is 2.25. The van der Waals surface area contributed by atoms with Crippen LogP contribution in [0.15, 0.2) is 48.1 Å². The minimum absolute atomic E-state index is 0.126. The van der Waals surface area contributed by atoms with Crippen LogP contribution >= 0.6 is 11.3 Å². The van der Waals surface area contributed by atoms with Gasteiger partial charge in [0, 0.05) is 42.8 Å². The van der Waals surface area contributed by atoms with Gasteiger partial charge in [0.05, 0.1) is 11.9 Å². The SMILES string of the molecule is C[C@H]1CN(C(=O)c2csc(-c3cnn(-c4ccccc4)c3)n2)CCN1C(=O)OC(C)(C)C. The summed E-state index contributed by atoms with van der Waals surface area (Å²) in [5, 5.41) is 6.93. The second-order valence-electron chi connectivity index (χ2n) is 8.82. The molecule has 0 N–H and O–H groups in total. The number of aromatic nitrogens is 3. The Bertz CT molecular complexity index is 1100. The minimum Gasteiger partial charge on any atom is -0.444 e. The molecule has 0 aliphatic carbocycles. The standard InChI is InChI=1S/C23H27N5O3S/c1-16-13-26(10-11-27(16)22(30)31-23(2,3)4)21(29)19-15-32-20(25-19)17-12-24-28(14-17)18-8-6-5-7-9-18/h5-9,12,14-16H,10-11,13H2,1-4H3/t16-/m0/s1. The van der Waals surface area contributed by atoms with Gasteiger partial charge in [-0.2, -0.15) is 5.10 Å². The summed E-state index contributed by atoms with van der Waals surface area (Å²) in [6.45, 7) is 8.78. The summed E-state index contributed by atoms with van der Waals surface area (Å²) in [6, 6.07) is 9.70. The predicted octanol–water partition coefficient (Wildman–Crippen LogP) is 4.08. The molecule has 32 heavy (non-hydrogen) atoms. The fourth-order valence-corrected chi connectivity index (χ4v) is 4.32. The van der Waals surface area contributed by atoms with E-state index in [1.165, 1.54) is 11.3 Å². The van der Waals surface area contributed by atoms with E-state index < -0.39 is 5.60 Å². The molecular weight excluding hydrogens is 426 g/mol. The summed E-state index contributed by atoms with van der Waals surface area (Å²) in [5.41, 5.74) is 1.69. The molecule has 0 unspecified atom stereocenters. The topological polar surface area (TPSA) is 80.6 Å². The van der Waals surface area contributed by atoms with Gasteiger partial charge in [-0.15, -0.1) is 11.3 Å². The molecule has 2 amide bonds. The molecule has 0 bridgehead atoms. The lowest BCUT2D eigenvalue weighted by Crippen LogP contribution is -2.56. The van der Waals surface area contributed by atoms with Crippen LogP contribution in [0.5, 0.6) is 0 Å². The van der Waals surface area contributed by atoms with Crippen LogP contribution in [0, 0.1) is 0 Å². The first kappa shape index (κ1) is 22.0. The molecule has 168 valence electrons. The van der Waals surface area contributed by atoms with Crippen molar-refractivity contribution in [3.63, 3.8) is 0 Å². The Morgan fingerprint density at radius 1 is 1.16 bits per heavy atom. The van der Waals surface area contributed by atoms with Crippen molar-refractivity contribution >= 4 is 23.3 Å². The first-order valence-electron chi connectivity index (χ1n) is 10.6. The smallest absolute Gasteiger partial charge is 0.410 e. The Labute approximate surface area is 191 Å². The molecule has 3 aromatic rings. The molecule has 1 aromatic carbocycles. The Kier molecular flexibility index (Phi) is 6.01. The van der Waals surface area contributed by atoms with Crippen molar-refractivity contribution in [2.75, 3.05) is 19.6 Å². The van der Waals surface area contributed by atoms with Gasteiger partial charge in [0.2, 0.25) is 0 Å². The summed E-state index contributed by atoms with van der Waals surface area (Å²) >= 11 is 1.42. The van der Waals surface area contributed by atoms with Crippen LogP contribution in [0.3, 0.4) is 0 Å². The quantitative estimate of drug-likeness (QED) is 0.597. The number of amides is 2. The second kappa shape index (κ2) is 8.74. The molecule has 1 aliphatic rings. The Hall–Kier alpha value is -3.20. The first-order valence-corrected chi connectivity index (χ1v) is 11.4. The molecule has 1 aliphatic heterocycles. The number of carbonyl (C=O) groups is 2. The van der Waals surface area contributed by atoms with Gasteiger partial charge < -0.3 is 14.5 Å². The fourth-order valence-electron chi connectivity index (χ4n) is 3.56. The van der Waals surface area contributed by atoms with Crippen molar-refractivity contribution in [3.05, 3.63) is 53.8 Å². The lowest BCUT2D eigenvalue weighted by atomic mass is 10.2.